The molecule has 11 heavy (non-hydrogen) atoms. The maximum absolute atomic E-state index is 11.0. The number of hydrogen-bond acceptors (Lipinski definition) is 3. The third-order valence-electron chi connectivity index (χ3n) is 1.37. The van der Waals surface area contributed by atoms with Crippen molar-refractivity contribution >= 4 is 17.5 Å². The highest BCUT2D eigenvalue weighted by Gasteiger charge is 2.11. The summed E-state index contributed by atoms with van der Waals surface area (Å²) in [6.07, 6.45) is 0.555. The van der Waals surface area contributed by atoms with E-state index in [-0.39, 0.29) is 11.8 Å². The first-order valence-electron chi connectivity index (χ1n) is 3.97. The van der Waals surface area contributed by atoms with E-state index in [2.05, 4.69) is 13.8 Å². The predicted octanol–water partition coefficient (Wildman–Crippen LogP) is 1.43. The molecular formula is C8H17NOS. The van der Waals surface area contributed by atoms with Crippen molar-refractivity contribution in [1.29, 1.82) is 0 Å². The minimum atomic E-state index is -0.257. The molecule has 2 N–H and O–H groups in total. The van der Waals surface area contributed by atoms with Crippen molar-refractivity contribution in [3.05, 3.63) is 0 Å². The molecule has 0 aliphatic heterocycles. The van der Waals surface area contributed by atoms with E-state index in [0.717, 1.165) is 5.75 Å². The van der Waals surface area contributed by atoms with Crippen molar-refractivity contribution < 1.29 is 4.79 Å². The van der Waals surface area contributed by atoms with Crippen molar-refractivity contribution in [2.45, 2.75) is 38.5 Å². The van der Waals surface area contributed by atoms with Crippen molar-refractivity contribution in [2.75, 3.05) is 5.75 Å². The van der Waals surface area contributed by atoms with Crippen LogP contribution in [0.4, 0.5) is 0 Å². The Morgan fingerprint density at radius 2 is 2.09 bits per heavy atom. The van der Waals surface area contributed by atoms with Gasteiger partial charge >= 0.3 is 0 Å². The Morgan fingerprint density at radius 3 is 2.45 bits per heavy atom. The molecule has 2 nitrogen and oxygen atoms in total. The molecule has 66 valence electrons. The molecule has 0 radical (unpaired) electrons. The zero-order chi connectivity index (χ0) is 8.85. The second-order valence-corrected chi connectivity index (χ2v) is 4.42. The summed E-state index contributed by atoms with van der Waals surface area (Å²) < 4.78 is 0. The van der Waals surface area contributed by atoms with E-state index in [9.17, 15) is 4.79 Å². The van der Waals surface area contributed by atoms with Gasteiger partial charge in [0.15, 0.2) is 0 Å². The molecule has 3 heteroatoms. The monoisotopic (exact) mass is 175 g/mol. The fraction of sp³-hybridized carbons (Fsp3) is 0.875. The standard InChI is InChI=1S/C8H17NOS/c1-4-8(10)7(9)5-11-6(2)3/h6-7H,4-5,9H2,1-3H3. The van der Waals surface area contributed by atoms with Gasteiger partial charge < -0.3 is 5.73 Å². The fourth-order valence-corrected chi connectivity index (χ4v) is 1.43. The van der Waals surface area contributed by atoms with Gasteiger partial charge in [-0.2, -0.15) is 11.8 Å². The van der Waals surface area contributed by atoms with E-state index in [4.69, 9.17) is 5.73 Å². The highest BCUT2D eigenvalue weighted by Crippen LogP contribution is 2.10. The van der Waals surface area contributed by atoms with Crippen LogP contribution in [0.25, 0.3) is 0 Å². The Kier molecular flexibility index (Phi) is 5.60. The lowest BCUT2D eigenvalue weighted by Gasteiger charge is -2.10. The lowest BCUT2D eigenvalue weighted by molar-refractivity contribution is -0.119. The summed E-state index contributed by atoms with van der Waals surface area (Å²) in [6, 6.07) is -0.257. The molecule has 1 unspecified atom stereocenters. The molecule has 0 aliphatic carbocycles. The summed E-state index contributed by atoms with van der Waals surface area (Å²) in [5, 5.41) is 0.561. The Balaban J connectivity index is 3.52. The van der Waals surface area contributed by atoms with Gasteiger partial charge in [-0.05, 0) is 5.25 Å². The molecule has 0 aliphatic rings. The summed E-state index contributed by atoms with van der Waals surface area (Å²) in [7, 11) is 0. The number of ketones is 1. The quantitative estimate of drug-likeness (QED) is 0.687. The smallest absolute Gasteiger partial charge is 0.150 e. The Morgan fingerprint density at radius 1 is 1.55 bits per heavy atom. The van der Waals surface area contributed by atoms with Crippen LogP contribution in [0.15, 0.2) is 0 Å². The van der Waals surface area contributed by atoms with Crippen LogP contribution in [-0.2, 0) is 4.79 Å². The van der Waals surface area contributed by atoms with Gasteiger partial charge in [0.1, 0.15) is 5.78 Å². The first kappa shape index (κ1) is 11.0. The van der Waals surface area contributed by atoms with Crippen LogP contribution in [-0.4, -0.2) is 22.8 Å². The first-order valence-corrected chi connectivity index (χ1v) is 5.02. The molecule has 0 aromatic carbocycles. The molecule has 0 rings (SSSR count). The summed E-state index contributed by atoms with van der Waals surface area (Å²) in [6.45, 7) is 6.06. The molecule has 0 aromatic heterocycles. The highest BCUT2D eigenvalue weighted by molar-refractivity contribution is 7.99. The number of thioether (sulfide) groups is 1. The average molecular weight is 175 g/mol. The second-order valence-electron chi connectivity index (χ2n) is 2.81. The third-order valence-corrected chi connectivity index (χ3v) is 2.59. The third kappa shape index (κ3) is 5.27. The lowest BCUT2D eigenvalue weighted by Crippen LogP contribution is -2.32. The van der Waals surface area contributed by atoms with Crippen LogP contribution < -0.4 is 5.73 Å². The Labute approximate surface area is 72.9 Å². The second kappa shape index (κ2) is 5.61. The molecule has 0 spiro atoms. The van der Waals surface area contributed by atoms with Crippen LogP contribution in [0.3, 0.4) is 0 Å². The number of Topliss-reactive ketones (excluding diaryl/α,β-unsaturated/α-hetero) is 1. The zero-order valence-corrected chi connectivity index (χ0v) is 8.28. The number of carbonyl (C=O) groups excluding carboxylic acids is 1. The number of nitrogens with two attached hydrogens (primary N) is 1. The first-order chi connectivity index (χ1) is 5.07. The summed E-state index contributed by atoms with van der Waals surface area (Å²) in [5.41, 5.74) is 5.61. The van der Waals surface area contributed by atoms with E-state index in [1.54, 1.807) is 11.8 Å². The molecular weight excluding hydrogens is 158 g/mol. The Bertz CT molecular complexity index is 125. The number of carbonyl (C=O) groups is 1. The number of hydrogen-bond donors (Lipinski definition) is 1. The summed E-state index contributed by atoms with van der Waals surface area (Å²) in [4.78, 5) is 11.0. The van der Waals surface area contributed by atoms with E-state index in [0.29, 0.717) is 11.7 Å². The van der Waals surface area contributed by atoms with Crippen molar-refractivity contribution in [3.63, 3.8) is 0 Å². The van der Waals surface area contributed by atoms with E-state index in [1.165, 1.54) is 0 Å². The van der Waals surface area contributed by atoms with Crippen LogP contribution in [0.5, 0.6) is 0 Å². The van der Waals surface area contributed by atoms with Gasteiger partial charge in [0, 0.05) is 12.2 Å². The molecule has 0 amide bonds. The predicted molar refractivity (Wildman–Crippen MR) is 50.9 cm³/mol. The van der Waals surface area contributed by atoms with Gasteiger partial charge in [0.2, 0.25) is 0 Å². The van der Waals surface area contributed by atoms with Crippen molar-refractivity contribution in [1.82, 2.24) is 0 Å². The Hall–Kier alpha value is -0.0200. The van der Waals surface area contributed by atoms with Crippen LogP contribution in [0.2, 0.25) is 0 Å². The molecule has 0 saturated carbocycles. The molecule has 0 heterocycles. The van der Waals surface area contributed by atoms with Crippen LogP contribution in [0, 0.1) is 0 Å². The van der Waals surface area contributed by atoms with Crippen molar-refractivity contribution in [3.8, 4) is 0 Å². The van der Waals surface area contributed by atoms with E-state index >= 15 is 0 Å². The normalized spacial score (nSPS) is 13.5. The zero-order valence-electron chi connectivity index (χ0n) is 7.46. The van der Waals surface area contributed by atoms with Gasteiger partial charge in [-0.15, -0.1) is 0 Å². The molecule has 0 bridgehead atoms. The maximum Gasteiger partial charge on any atom is 0.150 e. The van der Waals surface area contributed by atoms with Crippen molar-refractivity contribution in [2.24, 2.45) is 5.73 Å². The minimum Gasteiger partial charge on any atom is -0.321 e. The molecule has 0 aromatic rings. The minimum absolute atomic E-state index is 0.165. The molecule has 0 fully saturated rings. The van der Waals surface area contributed by atoms with E-state index < -0.39 is 0 Å². The number of rotatable bonds is 5. The van der Waals surface area contributed by atoms with Gasteiger partial charge in [0.05, 0.1) is 6.04 Å². The fourth-order valence-electron chi connectivity index (χ4n) is 0.651. The average Bonchev–Trinajstić information content (AvgIpc) is 1.98. The van der Waals surface area contributed by atoms with Crippen LogP contribution >= 0.6 is 11.8 Å². The highest BCUT2D eigenvalue weighted by atomic mass is 32.2. The van der Waals surface area contributed by atoms with Gasteiger partial charge in [0.25, 0.3) is 0 Å². The van der Waals surface area contributed by atoms with E-state index in [1.807, 2.05) is 6.92 Å². The van der Waals surface area contributed by atoms with Gasteiger partial charge in [-0.1, -0.05) is 20.8 Å². The van der Waals surface area contributed by atoms with Gasteiger partial charge in [-0.25, -0.2) is 0 Å². The topological polar surface area (TPSA) is 43.1 Å². The maximum atomic E-state index is 11.0. The molecule has 0 saturated heterocycles. The van der Waals surface area contributed by atoms with Crippen LogP contribution in [0.1, 0.15) is 27.2 Å². The largest absolute Gasteiger partial charge is 0.321 e. The summed E-state index contributed by atoms with van der Waals surface area (Å²) in [5.74, 6) is 0.919. The SMILES string of the molecule is CCC(=O)C(N)CSC(C)C. The lowest BCUT2D eigenvalue weighted by atomic mass is 10.2. The molecule has 1 atom stereocenters. The van der Waals surface area contributed by atoms with Gasteiger partial charge in [-0.3, -0.25) is 4.79 Å². The summed E-state index contributed by atoms with van der Waals surface area (Å²) >= 11 is 1.74.